The van der Waals surface area contributed by atoms with Crippen LogP contribution in [0.4, 0.5) is 0 Å². The molecule has 31 heavy (non-hydrogen) atoms. The summed E-state index contributed by atoms with van der Waals surface area (Å²) in [5.74, 6) is 0.709. The molecule has 4 aromatic rings. The van der Waals surface area contributed by atoms with E-state index in [1.807, 2.05) is 31.2 Å². The minimum absolute atomic E-state index is 0.136. The molecule has 0 radical (unpaired) electrons. The summed E-state index contributed by atoms with van der Waals surface area (Å²) in [5.41, 5.74) is 5.66. The third-order valence-corrected chi connectivity index (χ3v) is 5.88. The minimum atomic E-state index is -0.341. The molecule has 3 heterocycles. The Morgan fingerprint density at radius 1 is 1.16 bits per heavy atom. The second-order valence-electron chi connectivity index (χ2n) is 7.89. The van der Waals surface area contributed by atoms with E-state index in [2.05, 4.69) is 41.4 Å². The van der Waals surface area contributed by atoms with Crippen LogP contribution in [-0.2, 0) is 13.0 Å². The third kappa shape index (κ3) is 3.20. The number of hydrogen-bond donors (Lipinski definition) is 2. The summed E-state index contributed by atoms with van der Waals surface area (Å²) in [6, 6.07) is 17.0. The Morgan fingerprint density at radius 2 is 1.97 bits per heavy atom. The first-order valence-electron chi connectivity index (χ1n) is 10.4. The molecule has 6 heteroatoms. The Balaban J connectivity index is 1.67. The van der Waals surface area contributed by atoms with Gasteiger partial charge in [0.1, 0.15) is 22.9 Å². The van der Waals surface area contributed by atoms with Crippen LogP contribution in [-0.4, -0.2) is 26.1 Å². The van der Waals surface area contributed by atoms with Crippen molar-refractivity contribution in [1.29, 1.82) is 0 Å². The van der Waals surface area contributed by atoms with Crippen molar-refractivity contribution in [2.75, 3.05) is 0 Å². The van der Waals surface area contributed by atoms with Crippen molar-refractivity contribution in [2.24, 2.45) is 0 Å². The van der Waals surface area contributed by atoms with Crippen LogP contribution >= 0.6 is 0 Å². The van der Waals surface area contributed by atoms with Crippen LogP contribution in [0.25, 0.3) is 11.3 Å². The number of H-pyrrole nitrogens is 1. The molecule has 0 bridgehead atoms. The molecule has 2 aromatic carbocycles. The average Bonchev–Trinajstić information content (AvgIpc) is 3.50. The lowest BCUT2D eigenvalue weighted by Gasteiger charge is -2.26. The zero-order valence-electron chi connectivity index (χ0n) is 17.4. The van der Waals surface area contributed by atoms with Crippen molar-refractivity contribution in [3.05, 3.63) is 94.6 Å². The SMILES string of the molecule is CCc1ccc([C@@H]2c3c(-c4cc(C)ccc4O)n[nH]c3C(=O)N2Cc2ccco2)cc1. The van der Waals surface area contributed by atoms with Crippen LogP contribution in [0.5, 0.6) is 5.75 Å². The lowest BCUT2D eigenvalue weighted by atomic mass is 9.94. The van der Waals surface area contributed by atoms with E-state index in [0.29, 0.717) is 29.3 Å². The maximum atomic E-state index is 13.4. The number of carbonyl (C=O) groups excluding carboxylic acids is 1. The van der Waals surface area contributed by atoms with Crippen LogP contribution in [0.2, 0.25) is 0 Å². The fourth-order valence-corrected chi connectivity index (χ4v) is 4.26. The van der Waals surface area contributed by atoms with Gasteiger partial charge in [0.05, 0.1) is 18.8 Å². The molecule has 0 aliphatic carbocycles. The number of aromatic amines is 1. The number of carbonyl (C=O) groups is 1. The monoisotopic (exact) mass is 413 g/mol. The normalized spacial score (nSPS) is 15.5. The predicted molar refractivity (Wildman–Crippen MR) is 117 cm³/mol. The average molecular weight is 413 g/mol. The van der Waals surface area contributed by atoms with Gasteiger partial charge in [-0.05, 0) is 48.7 Å². The Bertz CT molecular complexity index is 1240. The molecule has 1 amide bonds. The zero-order chi connectivity index (χ0) is 21.5. The van der Waals surface area contributed by atoms with E-state index in [9.17, 15) is 9.90 Å². The molecule has 1 aliphatic heterocycles. The standard InChI is InChI=1S/C25H23N3O3/c1-3-16-7-9-17(10-8-16)24-21-22(19-13-15(2)6-11-20(19)29)26-27-23(21)25(30)28(24)14-18-5-4-12-31-18/h4-13,24,29H,3,14H2,1-2H3,(H,26,27)/t24-/m1/s1. The summed E-state index contributed by atoms with van der Waals surface area (Å²) in [5, 5.41) is 17.9. The van der Waals surface area contributed by atoms with Gasteiger partial charge in [-0.25, -0.2) is 0 Å². The number of fused-ring (bicyclic) bond motifs is 1. The third-order valence-electron chi connectivity index (χ3n) is 5.88. The van der Waals surface area contributed by atoms with E-state index >= 15 is 0 Å². The predicted octanol–water partition coefficient (Wildman–Crippen LogP) is 4.99. The molecule has 2 N–H and O–H groups in total. The first-order valence-corrected chi connectivity index (χ1v) is 10.4. The number of aromatic hydroxyl groups is 1. The van der Waals surface area contributed by atoms with Gasteiger partial charge in [0.25, 0.3) is 5.91 Å². The maximum Gasteiger partial charge on any atom is 0.273 e. The number of nitrogens with one attached hydrogen (secondary N) is 1. The highest BCUT2D eigenvalue weighted by Gasteiger charge is 2.42. The molecule has 0 saturated heterocycles. The van der Waals surface area contributed by atoms with Crippen molar-refractivity contribution >= 4 is 5.91 Å². The van der Waals surface area contributed by atoms with E-state index in [1.54, 1.807) is 17.2 Å². The van der Waals surface area contributed by atoms with E-state index in [-0.39, 0.29) is 17.7 Å². The summed E-state index contributed by atoms with van der Waals surface area (Å²) >= 11 is 0. The van der Waals surface area contributed by atoms with Crippen LogP contribution in [0.15, 0.2) is 65.3 Å². The van der Waals surface area contributed by atoms with E-state index in [1.165, 1.54) is 5.56 Å². The number of aromatic nitrogens is 2. The van der Waals surface area contributed by atoms with Crippen molar-refractivity contribution < 1.29 is 14.3 Å². The van der Waals surface area contributed by atoms with E-state index < -0.39 is 0 Å². The van der Waals surface area contributed by atoms with Crippen LogP contribution < -0.4 is 0 Å². The largest absolute Gasteiger partial charge is 0.507 e. The molecule has 1 atom stereocenters. The molecule has 1 aliphatic rings. The smallest absolute Gasteiger partial charge is 0.273 e. The number of nitrogens with zero attached hydrogens (tertiary/aromatic N) is 2. The highest BCUT2D eigenvalue weighted by Crippen LogP contribution is 2.45. The summed E-state index contributed by atoms with van der Waals surface area (Å²) < 4.78 is 5.53. The van der Waals surface area contributed by atoms with Gasteiger partial charge in [0.15, 0.2) is 0 Å². The van der Waals surface area contributed by atoms with Gasteiger partial charge in [-0.1, -0.05) is 42.8 Å². The van der Waals surface area contributed by atoms with Gasteiger partial charge in [0, 0.05) is 11.1 Å². The highest BCUT2D eigenvalue weighted by atomic mass is 16.3. The molecule has 0 fully saturated rings. The number of aryl methyl sites for hydroxylation is 2. The van der Waals surface area contributed by atoms with Crippen LogP contribution in [0, 0.1) is 6.92 Å². The van der Waals surface area contributed by atoms with Gasteiger partial charge in [-0.15, -0.1) is 0 Å². The second kappa shape index (κ2) is 7.47. The minimum Gasteiger partial charge on any atom is -0.507 e. The van der Waals surface area contributed by atoms with Crippen molar-refractivity contribution in [3.63, 3.8) is 0 Å². The maximum absolute atomic E-state index is 13.4. The summed E-state index contributed by atoms with van der Waals surface area (Å²) in [6.45, 7) is 4.42. The van der Waals surface area contributed by atoms with Gasteiger partial charge >= 0.3 is 0 Å². The van der Waals surface area contributed by atoms with Crippen molar-refractivity contribution in [3.8, 4) is 17.0 Å². The number of benzene rings is 2. The van der Waals surface area contributed by atoms with E-state index in [4.69, 9.17) is 4.42 Å². The molecule has 0 saturated carbocycles. The van der Waals surface area contributed by atoms with Gasteiger partial charge in [0.2, 0.25) is 0 Å². The fraction of sp³-hybridized carbons (Fsp3) is 0.200. The number of phenolic OH excluding ortho intramolecular Hbond substituents is 1. The molecule has 5 rings (SSSR count). The zero-order valence-corrected chi connectivity index (χ0v) is 17.4. The lowest BCUT2D eigenvalue weighted by molar-refractivity contribution is 0.0717. The Hall–Kier alpha value is -3.80. The molecular formula is C25H23N3O3. The highest BCUT2D eigenvalue weighted by molar-refractivity contribution is 6.00. The van der Waals surface area contributed by atoms with Crippen LogP contribution in [0.1, 0.15) is 51.5 Å². The van der Waals surface area contributed by atoms with Gasteiger partial charge in [-0.3, -0.25) is 9.89 Å². The summed E-state index contributed by atoms with van der Waals surface area (Å²) in [4.78, 5) is 15.2. The quantitative estimate of drug-likeness (QED) is 0.483. The van der Waals surface area contributed by atoms with Crippen molar-refractivity contribution in [2.45, 2.75) is 32.9 Å². The first-order chi connectivity index (χ1) is 15.1. The van der Waals surface area contributed by atoms with Crippen molar-refractivity contribution in [1.82, 2.24) is 15.1 Å². The first kappa shape index (κ1) is 19.2. The van der Waals surface area contributed by atoms with E-state index in [0.717, 1.165) is 23.1 Å². The molecule has 0 spiro atoms. The molecular weight excluding hydrogens is 390 g/mol. The molecule has 6 nitrogen and oxygen atoms in total. The number of furan rings is 1. The van der Waals surface area contributed by atoms with Gasteiger partial charge in [-0.2, -0.15) is 5.10 Å². The fourth-order valence-electron chi connectivity index (χ4n) is 4.26. The molecule has 2 aromatic heterocycles. The summed E-state index contributed by atoms with van der Waals surface area (Å²) in [6.07, 6.45) is 2.55. The number of hydrogen-bond acceptors (Lipinski definition) is 4. The lowest BCUT2D eigenvalue weighted by Crippen LogP contribution is -2.29. The topological polar surface area (TPSA) is 82.4 Å². The van der Waals surface area contributed by atoms with Gasteiger partial charge < -0.3 is 14.4 Å². The van der Waals surface area contributed by atoms with Crippen LogP contribution in [0.3, 0.4) is 0 Å². The molecule has 156 valence electrons. The number of amides is 1. The Kier molecular flexibility index (Phi) is 4.62. The summed E-state index contributed by atoms with van der Waals surface area (Å²) in [7, 11) is 0. The Morgan fingerprint density at radius 3 is 2.68 bits per heavy atom. The molecule has 0 unspecified atom stereocenters. The number of phenols is 1. The Labute approximate surface area is 180 Å². The number of rotatable bonds is 5. The second-order valence-corrected chi connectivity index (χ2v) is 7.89.